The number of aliphatic hydroxyl groups excluding tert-OH is 1. The minimum atomic E-state index is -0.457. The molecule has 0 bridgehead atoms. The summed E-state index contributed by atoms with van der Waals surface area (Å²) in [4.78, 5) is 11.9. The fourth-order valence-corrected chi connectivity index (χ4v) is 3.15. The molecule has 0 aromatic carbocycles. The number of amides is 1. The van der Waals surface area contributed by atoms with E-state index in [-0.39, 0.29) is 5.91 Å². The molecule has 1 amide bonds. The summed E-state index contributed by atoms with van der Waals surface area (Å²) >= 11 is 0. The standard InChI is InChI=1S/C21H44N2O2/c1-5-8-9-10-11-12-13-14-15-16-17-21(25)22-18-20(24)19-23(4,6-2)7-3/h20,24H,5-19H2,1-4H3/p+1/t20-/m0/s1. The zero-order valence-electron chi connectivity index (χ0n) is 17.5. The van der Waals surface area contributed by atoms with E-state index in [1.54, 1.807) is 0 Å². The van der Waals surface area contributed by atoms with Gasteiger partial charge in [0.05, 0.1) is 20.1 Å². The van der Waals surface area contributed by atoms with E-state index in [0.29, 0.717) is 19.5 Å². The van der Waals surface area contributed by atoms with Gasteiger partial charge in [0.25, 0.3) is 0 Å². The number of quaternary nitrogens is 1. The number of unbranched alkanes of at least 4 members (excludes halogenated alkanes) is 9. The maximum atomic E-state index is 11.9. The first kappa shape index (κ1) is 24.4. The molecule has 0 aliphatic heterocycles. The molecule has 4 nitrogen and oxygen atoms in total. The van der Waals surface area contributed by atoms with Crippen LogP contribution < -0.4 is 5.32 Å². The molecule has 0 aliphatic carbocycles. The molecule has 0 fully saturated rings. The molecule has 4 heteroatoms. The van der Waals surface area contributed by atoms with E-state index in [2.05, 4.69) is 33.1 Å². The summed E-state index contributed by atoms with van der Waals surface area (Å²) in [7, 11) is 2.15. The van der Waals surface area contributed by atoms with Gasteiger partial charge in [0.1, 0.15) is 12.6 Å². The van der Waals surface area contributed by atoms with Gasteiger partial charge in [0.2, 0.25) is 5.91 Å². The van der Waals surface area contributed by atoms with Crippen molar-refractivity contribution in [1.82, 2.24) is 5.32 Å². The summed E-state index contributed by atoms with van der Waals surface area (Å²) in [5, 5.41) is 13.0. The number of nitrogens with zero attached hydrogens (tertiary/aromatic N) is 1. The minimum Gasteiger partial charge on any atom is -0.385 e. The Balaban J connectivity index is 3.52. The number of aliphatic hydroxyl groups is 1. The lowest BCUT2D eigenvalue weighted by molar-refractivity contribution is -0.908. The van der Waals surface area contributed by atoms with Crippen LogP contribution in [0, 0.1) is 0 Å². The third-order valence-corrected chi connectivity index (χ3v) is 5.47. The second-order valence-corrected chi connectivity index (χ2v) is 7.82. The summed E-state index contributed by atoms with van der Waals surface area (Å²) in [6, 6.07) is 0. The molecule has 0 saturated heterocycles. The zero-order valence-corrected chi connectivity index (χ0v) is 17.5. The SMILES string of the molecule is CCCCCCCCCCCCC(=O)NC[C@H](O)C[N+](C)(CC)CC. The van der Waals surface area contributed by atoms with Crippen LogP contribution >= 0.6 is 0 Å². The highest BCUT2D eigenvalue weighted by Gasteiger charge is 2.21. The van der Waals surface area contributed by atoms with Crippen molar-refractivity contribution < 1.29 is 14.4 Å². The van der Waals surface area contributed by atoms with E-state index in [1.165, 1.54) is 51.4 Å². The average Bonchev–Trinajstić information content (AvgIpc) is 2.61. The van der Waals surface area contributed by atoms with E-state index in [0.717, 1.165) is 30.4 Å². The number of carbonyl (C=O) groups is 1. The molecule has 0 rings (SSSR count). The average molecular weight is 358 g/mol. The van der Waals surface area contributed by atoms with Crippen LogP contribution in [0.1, 0.15) is 91.4 Å². The Hall–Kier alpha value is -0.610. The van der Waals surface area contributed by atoms with Crippen LogP contribution in [0.25, 0.3) is 0 Å². The van der Waals surface area contributed by atoms with E-state index >= 15 is 0 Å². The number of likely N-dealkylation sites (N-methyl/N-ethyl adjacent to an activating group) is 1. The summed E-state index contributed by atoms with van der Waals surface area (Å²) < 4.78 is 0.843. The maximum absolute atomic E-state index is 11.9. The normalized spacial score (nSPS) is 13.0. The molecule has 150 valence electrons. The van der Waals surface area contributed by atoms with Crippen molar-refractivity contribution in [2.75, 3.05) is 33.2 Å². The number of hydrogen-bond acceptors (Lipinski definition) is 2. The highest BCUT2D eigenvalue weighted by atomic mass is 16.3. The molecule has 2 N–H and O–H groups in total. The van der Waals surface area contributed by atoms with Crippen LogP contribution in [-0.2, 0) is 4.79 Å². The Morgan fingerprint density at radius 3 is 1.84 bits per heavy atom. The van der Waals surface area contributed by atoms with Gasteiger partial charge >= 0.3 is 0 Å². The van der Waals surface area contributed by atoms with Crippen molar-refractivity contribution in [1.29, 1.82) is 0 Å². The first-order valence-electron chi connectivity index (χ1n) is 10.8. The topological polar surface area (TPSA) is 49.3 Å². The lowest BCUT2D eigenvalue weighted by Crippen LogP contribution is -2.51. The van der Waals surface area contributed by atoms with Gasteiger partial charge in [-0.25, -0.2) is 0 Å². The second-order valence-electron chi connectivity index (χ2n) is 7.82. The molecule has 0 aromatic rings. The van der Waals surface area contributed by atoms with E-state index < -0.39 is 6.10 Å². The van der Waals surface area contributed by atoms with Crippen molar-refractivity contribution in [2.45, 2.75) is 97.5 Å². The third-order valence-electron chi connectivity index (χ3n) is 5.47. The molecule has 0 unspecified atom stereocenters. The smallest absolute Gasteiger partial charge is 0.220 e. The molecule has 0 aliphatic rings. The number of hydrogen-bond donors (Lipinski definition) is 2. The van der Waals surface area contributed by atoms with Gasteiger partial charge in [-0.1, -0.05) is 64.7 Å². The molecule has 1 atom stereocenters. The van der Waals surface area contributed by atoms with Gasteiger partial charge < -0.3 is 14.9 Å². The van der Waals surface area contributed by atoms with Gasteiger partial charge in [0.15, 0.2) is 0 Å². The molecular weight excluding hydrogens is 312 g/mol. The Bertz CT molecular complexity index is 317. The monoisotopic (exact) mass is 357 g/mol. The number of nitrogens with one attached hydrogen (secondary N) is 1. The van der Waals surface area contributed by atoms with Crippen LogP contribution in [0.4, 0.5) is 0 Å². The van der Waals surface area contributed by atoms with E-state index in [1.807, 2.05) is 0 Å². The summed E-state index contributed by atoms with van der Waals surface area (Å²) in [5.41, 5.74) is 0. The maximum Gasteiger partial charge on any atom is 0.220 e. The largest absolute Gasteiger partial charge is 0.385 e. The van der Waals surface area contributed by atoms with Crippen LogP contribution in [0.15, 0.2) is 0 Å². The van der Waals surface area contributed by atoms with Gasteiger partial charge in [-0.2, -0.15) is 0 Å². The third kappa shape index (κ3) is 14.3. The second kappa shape index (κ2) is 15.6. The molecule has 25 heavy (non-hydrogen) atoms. The fourth-order valence-electron chi connectivity index (χ4n) is 3.15. The van der Waals surface area contributed by atoms with Crippen LogP contribution in [0.2, 0.25) is 0 Å². The van der Waals surface area contributed by atoms with Crippen molar-refractivity contribution in [3.05, 3.63) is 0 Å². The van der Waals surface area contributed by atoms with Crippen molar-refractivity contribution in [2.24, 2.45) is 0 Å². The van der Waals surface area contributed by atoms with Crippen molar-refractivity contribution in [3.8, 4) is 0 Å². The van der Waals surface area contributed by atoms with Gasteiger partial charge in [-0.15, -0.1) is 0 Å². The number of carbonyl (C=O) groups excluding carboxylic acids is 1. The summed E-state index contributed by atoms with van der Waals surface area (Å²) in [6.45, 7) is 9.61. The van der Waals surface area contributed by atoms with Crippen LogP contribution in [0.3, 0.4) is 0 Å². The van der Waals surface area contributed by atoms with Crippen molar-refractivity contribution >= 4 is 5.91 Å². The van der Waals surface area contributed by atoms with Crippen molar-refractivity contribution in [3.63, 3.8) is 0 Å². The molecule has 0 saturated carbocycles. The highest BCUT2D eigenvalue weighted by Crippen LogP contribution is 2.11. The number of rotatable bonds is 17. The van der Waals surface area contributed by atoms with E-state index in [9.17, 15) is 9.90 Å². The zero-order chi connectivity index (χ0) is 19.0. The Morgan fingerprint density at radius 1 is 0.880 bits per heavy atom. The lowest BCUT2D eigenvalue weighted by atomic mass is 10.1. The Kier molecular flexibility index (Phi) is 15.2. The van der Waals surface area contributed by atoms with Gasteiger partial charge in [-0.3, -0.25) is 4.79 Å². The molecule has 0 heterocycles. The quantitative estimate of drug-likeness (QED) is 0.302. The highest BCUT2D eigenvalue weighted by molar-refractivity contribution is 5.75. The van der Waals surface area contributed by atoms with Crippen LogP contribution in [0.5, 0.6) is 0 Å². The molecular formula is C21H45N2O2+. The van der Waals surface area contributed by atoms with Crippen LogP contribution in [-0.4, -0.2) is 54.8 Å². The Morgan fingerprint density at radius 2 is 1.36 bits per heavy atom. The predicted molar refractivity (Wildman–Crippen MR) is 108 cm³/mol. The summed E-state index contributed by atoms with van der Waals surface area (Å²) in [6.07, 6.45) is 13.0. The molecule has 0 aromatic heterocycles. The summed E-state index contributed by atoms with van der Waals surface area (Å²) in [5.74, 6) is 0.0841. The molecule has 0 spiro atoms. The lowest BCUT2D eigenvalue weighted by Gasteiger charge is -2.34. The van der Waals surface area contributed by atoms with Gasteiger partial charge in [0, 0.05) is 13.0 Å². The predicted octanol–water partition coefficient (Wildman–Crippen LogP) is 4.26. The fraction of sp³-hybridized carbons (Fsp3) is 0.952. The minimum absolute atomic E-state index is 0.0841. The Labute approximate surface area is 157 Å². The first-order chi connectivity index (χ1) is 12.0. The van der Waals surface area contributed by atoms with E-state index in [4.69, 9.17) is 0 Å². The molecule has 0 radical (unpaired) electrons. The van der Waals surface area contributed by atoms with Gasteiger partial charge in [-0.05, 0) is 20.3 Å². The first-order valence-corrected chi connectivity index (χ1v) is 10.8.